The van der Waals surface area contributed by atoms with Crippen LogP contribution in [0.1, 0.15) is 19.3 Å². The summed E-state index contributed by atoms with van der Waals surface area (Å²) in [5.74, 6) is -2.16. The number of likely N-dealkylation sites (tertiary alicyclic amines) is 1. The number of amides is 1. The van der Waals surface area contributed by atoms with Gasteiger partial charge in [0.25, 0.3) is 0 Å². The normalized spacial score (nSPS) is 14.1. The van der Waals surface area contributed by atoms with E-state index in [1.165, 1.54) is 14.2 Å². The molecule has 10 nitrogen and oxygen atoms in total. The molecule has 0 atom stereocenters. The molecular weight excluding hydrogens is 496 g/mol. The first kappa shape index (κ1) is 25.3. The Labute approximate surface area is 217 Å². The number of carbonyl (C=O) groups is 1. The van der Waals surface area contributed by atoms with Crippen molar-refractivity contribution in [3.8, 4) is 22.8 Å². The second-order valence-corrected chi connectivity index (χ2v) is 8.92. The Balaban J connectivity index is 1.66. The number of nitrogens with zero attached hydrogens (tertiary/aromatic N) is 7. The quantitative estimate of drug-likeness (QED) is 0.351. The molecule has 12 heteroatoms. The first-order chi connectivity index (χ1) is 18.4. The molecule has 0 N–H and O–H groups in total. The average molecular weight is 524 g/mol. The molecule has 0 bridgehead atoms. The zero-order chi connectivity index (χ0) is 26.8. The zero-order valence-corrected chi connectivity index (χ0v) is 21.3. The van der Waals surface area contributed by atoms with E-state index in [1.807, 2.05) is 11.1 Å². The maximum atomic E-state index is 15.2. The summed E-state index contributed by atoms with van der Waals surface area (Å²) in [5.41, 5.74) is 2.14. The fourth-order valence-corrected chi connectivity index (χ4v) is 4.51. The van der Waals surface area contributed by atoms with E-state index in [0.717, 1.165) is 24.6 Å². The summed E-state index contributed by atoms with van der Waals surface area (Å²) < 4.78 is 43.9. The first-order valence-electron chi connectivity index (χ1n) is 12.2. The van der Waals surface area contributed by atoms with Gasteiger partial charge in [-0.15, -0.1) is 0 Å². The van der Waals surface area contributed by atoms with Gasteiger partial charge in [0.15, 0.2) is 28.8 Å². The van der Waals surface area contributed by atoms with Crippen LogP contribution >= 0.6 is 0 Å². The summed E-state index contributed by atoms with van der Waals surface area (Å²) in [6.07, 6.45) is 7.13. The van der Waals surface area contributed by atoms with Gasteiger partial charge in [0.1, 0.15) is 16.7 Å². The Morgan fingerprint density at radius 3 is 2.47 bits per heavy atom. The van der Waals surface area contributed by atoms with Crippen LogP contribution in [0.25, 0.3) is 22.4 Å². The van der Waals surface area contributed by atoms with Gasteiger partial charge in [0, 0.05) is 50.9 Å². The standard InChI is InChI=1S/C26H27F2N7O3/c1-33-15-16(13-30-33)18-14-29-17-7-8-21(32-25-23(27)19(37-2)12-20(38-3)24(25)28)35(26(17)31-18)11-5-10-34-9-4-6-22(34)36/h7-8,12-15H,4-6,9-11H2,1-3H3/b32-21+. The van der Waals surface area contributed by atoms with Crippen molar-refractivity contribution in [2.75, 3.05) is 27.3 Å². The van der Waals surface area contributed by atoms with E-state index in [0.29, 0.717) is 42.8 Å². The molecule has 198 valence electrons. The number of hydrogen-bond donors (Lipinski definition) is 0. The van der Waals surface area contributed by atoms with Crippen LogP contribution in [0, 0.1) is 11.6 Å². The van der Waals surface area contributed by atoms with Crippen molar-refractivity contribution < 1.29 is 23.0 Å². The fraction of sp³-hybridized carbons (Fsp3) is 0.346. The van der Waals surface area contributed by atoms with Crippen molar-refractivity contribution in [3.05, 3.63) is 53.9 Å². The highest BCUT2D eigenvalue weighted by Crippen LogP contribution is 2.36. The van der Waals surface area contributed by atoms with Crippen molar-refractivity contribution in [1.29, 1.82) is 0 Å². The third kappa shape index (κ3) is 4.81. The van der Waals surface area contributed by atoms with Gasteiger partial charge in [-0.2, -0.15) is 5.10 Å². The van der Waals surface area contributed by atoms with Crippen molar-refractivity contribution in [2.45, 2.75) is 25.8 Å². The molecule has 1 aliphatic rings. The van der Waals surface area contributed by atoms with Crippen LogP contribution in [0.2, 0.25) is 0 Å². The largest absolute Gasteiger partial charge is 0.493 e. The smallest absolute Gasteiger partial charge is 0.222 e. The summed E-state index contributed by atoms with van der Waals surface area (Å²) in [5, 5.41) is 4.20. The van der Waals surface area contributed by atoms with Crippen LogP contribution in [0.15, 0.2) is 41.8 Å². The molecule has 4 aromatic rings. The average Bonchev–Trinajstić information content (AvgIpc) is 3.54. The van der Waals surface area contributed by atoms with Crippen LogP contribution in [0.5, 0.6) is 11.5 Å². The maximum Gasteiger partial charge on any atom is 0.222 e. The number of aryl methyl sites for hydroxylation is 2. The molecule has 1 aromatic carbocycles. The Bertz CT molecular complexity index is 1550. The van der Waals surface area contributed by atoms with E-state index in [-0.39, 0.29) is 22.9 Å². The van der Waals surface area contributed by atoms with Gasteiger partial charge in [-0.25, -0.2) is 18.8 Å². The summed E-state index contributed by atoms with van der Waals surface area (Å²) in [6.45, 7) is 1.66. The second kappa shape index (κ2) is 10.6. The molecule has 1 fully saturated rings. The van der Waals surface area contributed by atoms with Gasteiger partial charge in [-0.05, 0) is 25.0 Å². The van der Waals surface area contributed by atoms with Crippen molar-refractivity contribution >= 4 is 22.8 Å². The lowest BCUT2D eigenvalue weighted by Gasteiger charge is -2.17. The van der Waals surface area contributed by atoms with Crippen LogP contribution in [0.3, 0.4) is 0 Å². The number of rotatable bonds is 8. The van der Waals surface area contributed by atoms with E-state index in [9.17, 15) is 4.79 Å². The predicted octanol–water partition coefficient (Wildman–Crippen LogP) is 3.37. The van der Waals surface area contributed by atoms with Crippen LogP contribution < -0.4 is 15.0 Å². The predicted molar refractivity (Wildman–Crippen MR) is 135 cm³/mol. The monoisotopic (exact) mass is 523 g/mol. The zero-order valence-electron chi connectivity index (χ0n) is 21.3. The molecule has 1 saturated heterocycles. The number of carbonyl (C=O) groups excluding carboxylic acids is 1. The molecule has 3 aromatic heterocycles. The Hall–Kier alpha value is -4.35. The summed E-state index contributed by atoms with van der Waals surface area (Å²) in [4.78, 5) is 27.6. The summed E-state index contributed by atoms with van der Waals surface area (Å²) >= 11 is 0. The van der Waals surface area contributed by atoms with Gasteiger partial charge in [0.05, 0.1) is 32.3 Å². The minimum atomic E-state index is -0.949. The van der Waals surface area contributed by atoms with E-state index in [4.69, 9.17) is 14.5 Å². The lowest BCUT2D eigenvalue weighted by Crippen LogP contribution is -2.28. The molecule has 0 aliphatic carbocycles. The number of methoxy groups -OCH3 is 2. The Kier molecular flexibility index (Phi) is 7.03. The molecule has 5 rings (SSSR count). The third-order valence-electron chi connectivity index (χ3n) is 6.46. The fourth-order valence-electron chi connectivity index (χ4n) is 4.51. The van der Waals surface area contributed by atoms with Gasteiger partial charge in [-0.1, -0.05) is 0 Å². The Morgan fingerprint density at radius 1 is 1.08 bits per heavy atom. The SMILES string of the molecule is COc1cc(OC)c(F)c(/N=c2\ccc3ncc(-c4cnn(C)c4)nc3n2CCCN2CCCC2=O)c1F. The topological polar surface area (TPSA) is 99.7 Å². The molecule has 0 unspecified atom stereocenters. The van der Waals surface area contributed by atoms with Crippen LogP contribution in [-0.4, -0.2) is 62.4 Å². The van der Waals surface area contributed by atoms with E-state index in [2.05, 4.69) is 15.1 Å². The van der Waals surface area contributed by atoms with Crippen molar-refractivity contribution in [1.82, 2.24) is 29.2 Å². The van der Waals surface area contributed by atoms with Gasteiger partial charge in [0.2, 0.25) is 5.91 Å². The minimum Gasteiger partial charge on any atom is -0.493 e. The lowest BCUT2D eigenvalue weighted by atomic mass is 10.2. The second-order valence-electron chi connectivity index (χ2n) is 8.92. The number of benzene rings is 1. The number of ether oxygens (including phenoxy) is 2. The number of aromatic nitrogens is 5. The van der Waals surface area contributed by atoms with E-state index >= 15 is 8.78 Å². The maximum absolute atomic E-state index is 15.2. The van der Waals surface area contributed by atoms with Crippen LogP contribution in [0.4, 0.5) is 14.5 Å². The van der Waals surface area contributed by atoms with Crippen LogP contribution in [-0.2, 0) is 18.4 Å². The first-order valence-corrected chi connectivity index (χ1v) is 12.2. The number of fused-ring (bicyclic) bond motifs is 1. The van der Waals surface area contributed by atoms with Crippen molar-refractivity contribution in [3.63, 3.8) is 0 Å². The molecule has 38 heavy (non-hydrogen) atoms. The van der Waals surface area contributed by atoms with E-state index < -0.39 is 17.3 Å². The summed E-state index contributed by atoms with van der Waals surface area (Å²) in [6, 6.07) is 4.46. The molecule has 1 amide bonds. The number of halogens is 2. The lowest BCUT2D eigenvalue weighted by molar-refractivity contribution is -0.127. The van der Waals surface area contributed by atoms with Gasteiger partial charge in [-0.3, -0.25) is 14.5 Å². The number of pyridine rings is 1. The molecule has 1 aliphatic heterocycles. The third-order valence-corrected chi connectivity index (χ3v) is 6.46. The highest BCUT2D eigenvalue weighted by atomic mass is 19.1. The van der Waals surface area contributed by atoms with Gasteiger partial charge >= 0.3 is 0 Å². The van der Waals surface area contributed by atoms with Crippen molar-refractivity contribution in [2.24, 2.45) is 12.0 Å². The molecule has 0 radical (unpaired) electrons. The van der Waals surface area contributed by atoms with E-state index in [1.54, 1.807) is 40.8 Å². The number of hydrogen-bond acceptors (Lipinski definition) is 7. The molecule has 0 spiro atoms. The Morgan fingerprint density at radius 2 is 1.84 bits per heavy atom. The minimum absolute atomic E-state index is 0.129. The van der Waals surface area contributed by atoms with Gasteiger partial charge < -0.3 is 18.9 Å². The molecular formula is C26H27F2N7O3. The highest BCUT2D eigenvalue weighted by Gasteiger charge is 2.21. The molecule has 0 saturated carbocycles. The molecule has 4 heterocycles. The highest BCUT2D eigenvalue weighted by molar-refractivity contribution is 5.78. The summed E-state index contributed by atoms with van der Waals surface area (Å²) in [7, 11) is 4.37.